The molecule has 0 unspecified atom stereocenters. The SMILES string of the molecule is CCNC(=NCCCN(C)Cc1ccccc1)NC1CC=CC1.I. The first-order valence-electron chi connectivity index (χ1n) is 8.70. The van der Waals surface area contributed by atoms with E-state index < -0.39 is 0 Å². The van der Waals surface area contributed by atoms with Gasteiger partial charge in [-0.15, -0.1) is 24.0 Å². The van der Waals surface area contributed by atoms with Crippen LogP contribution in [-0.4, -0.2) is 43.6 Å². The molecule has 1 aromatic rings. The van der Waals surface area contributed by atoms with Gasteiger partial charge in [0.1, 0.15) is 0 Å². The van der Waals surface area contributed by atoms with Crippen LogP contribution in [0.2, 0.25) is 0 Å². The molecule has 0 saturated heterocycles. The van der Waals surface area contributed by atoms with Crippen LogP contribution in [0.3, 0.4) is 0 Å². The second-order valence-corrected chi connectivity index (χ2v) is 6.12. The first-order valence-corrected chi connectivity index (χ1v) is 8.70. The number of nitrogens with zero attached hydrogens (tertiary/aromatic N) is 2. The monoisotopic (exact) mass is 442 g/mol. The first-order chi connectivity index (χ1) is 11.3. The van der Waals surface area contributed by atoms with Gasteiger partial charge in [0.25, 0.3) is 0 Å². The van der Waals surface area contributed by atoms with E-state index in [1.165, 1.54) is 5.56 Å². The van der Waals surface area contributed by atoms with Crippen molar-refractivity contribution in [2.75, 3.05) is 26.7 Å². The Morgan fingerprint density at radius 3 is 2.58 bits per heavy atom. The minimum atomic E-state index is 0. The topological polar surface area (TPSA) is 39.7 Å². The van der Waals surface area contributed by atoms with E-state index >= 15 is 0 Å². The molecule has 0 atom stereocenters. The van der Waals surface area contributed by atoms with Gasteiger partial charge in [0.05, 0.1) is 0 Å². The van der Waals surface area contributed by atoms with Crippen LogP contribution in [0.1, 0.15) is 31.7 Å². The van der Waals surface area contributed by atoms with Gasteiger partial charge in [-0.3, -0.25) is 4.99 Å². The van der Waals surface area contributed by atoms with E-state index in [1.807, 2.05) is 0 Å². The third kappa shape index (κ3) is 8.15. The molecule has 0 aromatic heterocycles. The highest BCUT2D eigenvalue weighted by Gasteiger charge is 2.11. The molecule has 5 heteroatoms. The van der Waals surface area contributed by atoms with Crippen LogP contribution in [0.4, 0.5) is 0 Å². The largest absolute Gasteiger partial charge is 0.357 e. The first kappa shape index (κ1) is 21.0. The van der Waals surface area contributed by atoms with E-state index in [-0.39, 0.29) is 24.0 Å². The number of rotatable bonds is 8. The molecule has 1 aliphatic rings. The van der Waals surface area contributed by atoms with Crippen molar-refractivity contribution in [3.8, 4) is 0 Å². The minimum absolute atomic E-state index is 0. The second kappa shape index (κ2) is 12.3. The Hall–Kier alpha value is -1.08. The lowest BCUT2D eigenvalue weighted by atomic mass is 10.2. The number of halogens is 1. The molecule has 0 heterocycles. The van der Waals surface area contributed by atoms with Crippen molar-refractivity contribution in [2.24, 2.45) is 4.99 Å². The Morgan fingerprint density at radius 1 is 1.21 bits per heavy atom. The number of hydrogen-bond donors (Lipinski definition) is 2. The van der Waals surface area contributed by atoms with E-state index in [9.17, 15) is 0 Å². The van der Waals surface area contributed by atoms with Crippen molar-refractivity contribution >= 4 is 29.9 Å². The van der Waals surface area contributed by atoms with Crippen LogP contribution in [0.25, 0.3) is 0 Å². The zero-order valence-corrected chi connectivity index (χ0v) is 17.2. The molecule has 2 rings (SSSR count). The van der Waals surface area contributed by atoms with E-state index in [4.69, 9.17) is 4.99 Å². The average Bonchev–Trinajstić information content (AvgIpc) is 3.05. The van der Waals surface area contributed by atoms with Gasteiger partial charge in [-0.2, -0.15) is 0 Å². The molecule has 2 N–H and O–H groups in total. The van der Waals surface area contributed by atoms with Gasteiger partial charge in [0.2, 0.25) is 0 Å². The standard InChI is InChI=1S/C19H30N4.HI/c1-3-20-19(22-18-12-7-8-13-18)21-14-9-15-23(2)16-17-10-5-4-6-11-17;/h4-8,10-11,18H,3,9,12-16H2,1-2H3,(H2,20,21,22);1H. The van der Waals surface area contributed by atoms with Gasteiger partial charge < -0.3 is 15.5 Å². The van der Waals surface area contributed by atoms with Gasteiger partial charge in [-0.1, -0.05) is 42.5 Å². The summed E-state index contributed by atoms with van der Waals surface area (Å²) in [4.78, 5) is 7.05. The molecule has 4 nitrogen and oxygen atoms in total. The number of aliphatic imine (C=N–C) groups is 1. The summed E-state index contributed by atoms with van der Waals surface area (Å²) in [5, 5.41) is 6.84. The molecular weight excluding hydrogens is 411 g/mol. The maximum Gasteiger partial charge on any atom is 0.191 e. The highest BCUT2D eigenvalue weighted by atomic mass is 127. The van der Waals surface area contributed by atoms with Crippen LogP contribution in [-0.2, 0) is 6.54 Å². The zero-order chi connectivity index (χ0) is 16.3. The Kier molecular flexibility index (Phi) is 10.7. The molecule has 0 bridgehead atoms. The fraction of sp³-hybridized carbons (Fsp3) is 0.526. The van der Waals surface area contributed by atoms with Crippen molar-refractivity contribution < 1.29 is 0 Å². The molecule has 0 radical (unpaired) electrons. The lowest BCUT2D eigenvalue weighted by Gasteiger charge is -2.18. The summed E-state index contributed by atoms with van der Waals surface area (Å²) >= 11 is 0. The summed E-state index contributed by atoms with van der Waals surface area (Å²) in [7, 11) is 2.17. The fourth-order valence-corrected chi connectivity index (χ4v) is 2.75. The lowest BCUT2D eigenvalue weighted by Crippen LogP contribution is -2.42. The van der Waals surface area contributed by atoms with Gasteiger partial charge in [-0.05, 0) is 45.3 Å². The zero-order valence-electron chi connectivity index (χ0n) is 14.9. The summed E-state index contributed by atoms with van der Waals surface area (Å²) in [5.74, 6) is 0.951. The van der Waals surface area contributed by atoms with E-state index in [1.54, 1.807) is 0 Å². The molecule has 0 saturated carbocycles. The van der Waals surface area contributed by atoms with Crippen LogP contribution < -0.4 is 10.6 Å². The fourth-order valence-electron chi connectivity index (χ4n) is 2.75. The van der Waals surface area contributed by atoms with Gasteiger partial charge in [0.15, 0.2) is 5.96 Å². The molecule has 1 aliphatic carbocycles. The summed E-state index contributed by atoms with van der Waals surface area (Å²) in [6.45, 7) is 5.92. The Morgan fingerprint density at radius 2 is 1.92 bits per heavy atom. The maximum absolute atomic E-state index is 4.70. The molecule has 0 amide bonds. The molecule has 0 spiro atoms. The summed E-state index contributed by atoms with van der Waals surface area (Å²) in [5.41, 5.74) is 1.36. The molecule has 134 valence electrons. The second-order valence-electron chi connectivity index (χ2n) is 6.12. The number of nitrogens with one attached hydrogen (secondary N) is 2. The van der Waals surface area contributed by atoms with E-state index in [0.717, 1.165) is 51.4 Å². The van der Waals surface area contributed by atoms with Crippen LogP contribution in [0.15, 0.2) is 47.5 Å². The molecule has 1 aromatic carbocycles. The van der Waals surface area contributed by atoms with Gasteiger partial charge in [0, 0.05) is 25.7 Å². The normalized spacial score (nSPS) is 14.7. The Labute approximate surface area is 163 Å². The number of guanidine groups is 1. The van der Waals surface area contributed by atoms with Crippen molar-refractivity contribution in [1.82, 2.24) is 15.5 Å². The van der Waals surface area contributed by atoms with Crippen molar-refractivity contribution in [3.63, 3.8) is 0 Å². The summed E-state index contributed by atoms with van der Waals surface area (Å²) in [6.07, 6.45) is 7.75. The minimum Gasteiger partial charge on any atom is -0.357 e. The van der Waals surface area contributed by atoms with Crippen molar-refractivity contribution in [2.45, 2.75) is 38.8 Å². The van der Waals surface area contributed by atoms with Crippen molar-refractivity contribution in [3.05, 3.63) is 48.0 Å². The number of hydrogen-bond acceptors (Lipinski definition) is 2. The molecule has 0 aliphatic heterocycles. The number of benzene rings is 1. The summed E-state index contributed by atoms with van der Waals surface area (Å²) < 4.78 is 0. The van der Waals surface area contributed by atoms with Crippen molar-refractivity contribution in [1.29, 1.82) is 0 Å². The Balaban J connectivity index is 0.00000288. The highest BCUT2D eigenvalue weighted by Crippen LogP contribution is 2.08. The quantitative estimate of drug-likeness (QED) is 0.213. The van der Waals surface area contributed by atoms with Crippen LogP contribution in [0.5, 0.6) is 0 Å². The maximum atomic E-state index is 4.70. The van der Waals surface area contributed by atoms with Crippen LogP contribution >= 0.6 is 24.0 Å². The predicted molar refractivity (Wildman–Crippen MR) is 114 cm³/mol. The van der Waals surface area contributed by atoms with E-state index in [2.05, 4.69) is 72.0 Å². The molecule has 24 heavy (non-hydrogen) atoms. The summed E-state index contributed by atoms with van der Waals surface area (Å²) in [6, 6.07) is 11.1. The molecular formula is C19H31IN4. The molecule has 0 fully saturated rings. The van der Waals surface area contributed by atoms with E-state index in [0.29, 0.717) is 6.04 Å². The average molecular weight is 442 g/mol. The lowest BCUT2D eigenvalue weighted by molar-refractivity contribution is 0.324. The van der Waals surface area contributed by atoms with Crippen LogP contribution in [0, 0.1) is 0 Å². The third-order valence-corrected chi connectivity index (χ3v) is 3.96. The smallest absolute Gasteiger partial charge is 0.191 e. The van der Waals surface area contributed by atoms with Gasteiger partial charge in [-0.25, -0.2) is 0 Å². The third-order valence-electron chi connectivity index (χ3n) is 3.96. The Bertz CT molecular complexity index is 493. The highest BCUT2D eigenvalue weighted by molar-refractivity contribution is 14.0. The predicted octanol–water partition coefficient (Wildman–Crippen LogP) is 3.40. The van der Waals surface area contributed by atoms with Gasteiger partial charge >= 0.3 is 0 Å².